The van der Waals surface area contributed by atoms with Gasteiger partial charge in [0.25, 0.3) is 0 Å². The highest BCUT2D eigenvalue weighted by Crippen LogP contribution is 2.26. The normalized spacial score (nSPS) is 20.3. The van der Waals surface area contributed by atoms with Crippen molar-refractivity contribution in [2.24, 2.45) is 5.10 Å². The van der Waals surface area contributed by atoms with Crippen LogP contribution in [0.5, 0.6) is 5.88 Å². The van der Waals surface area contributed by atoms with E-state index in [9.17, 15) is 13.2 Å². The summed E-state index contributed by atoms with van der Waals surface area (Å²) >= 11 is 1.38. The summed E-state index contributed by atoms with van der Waals surface area (Å²) in [6.07, 6.45) is 5.13. The molecule has 0 unspecified atom stereocenters. The number of benzene rings is 1. The Hall–Kier alpha value is -2.93. The van der Waals surface area contributed by atoms with Crippen molar-refractivity contribution in [1.29, 1.82) is 0 Å². The lowest BCUT2D eigenvalue weighted by Crippen LogP contribution is -2.25. The zero-order chi connectivity index (χ0) is 28.2. The lowest BCUT2D eigenvalue weighted by atomic mass is 10.0. The number of fused-ring (bicyclic) bond motifs is 1. The van der Waals surface area contributed by atoms with Crippen LogP contribution in [0.3, 0.4) is 0 Å². The second-order valence-electron chi connectivity index (χ2n) is 10.7. The Morgan fingerprint density at radius 3 is 2.51 bits per heavy atom. The predicted octanol–water partition coefficient (Wildman–Crippen LogP) is 3.34. The summed E-state index contributed by atoms with van der Waals surface area (Å²) in [5.41, 5.74) is 1.64. The number of ketones is 1. The average Bonchev–Trinajstić information content (AvgIpc) is 3.80. The van der Waals surface area contributed by atoms with Gasteiger partial charge in [0.1, 0.15) is 27.7 Å². The van der Waals surface area contributed by atoms with Gasteiger partial charge in [0.05, 0.1) is 23.2 Å². The lowest BCUT2D eigenvalue weighted by Gasteiger charge is -2.14. The lowest BCUT2D eigenvalue weighted by molar-refractivity contribution is -0.112. The van der Waals surface area contributed by atoms with Crippen LogP contribution in [0.15, 0.2) is 46.4 Å². The third-order valence-corrected chi connectivity index (χ3v) is 11.0. The van der Waals surface area contributed by atoms with Gasteiger partial charge in [0, 0.05) is 37.9 Å². The zero-order valence-corrected chi connectivity index (χ0v) is 24.7. The van der Waals surface area contributed by atoms with E-state index in [2.05, 4.69) is 14.9 Å². The fraction of sp³-hybridized carbons (Fsp3) is 0.517. The third kappa shape index (κ3) is 6.61. The van der Waals surface area contributed by atoms with Gasteiger partial charge in [0.2, 0.25) is 5.88 Å². The van der Waals surface area contributed by atoms with Crippen LogP contribution in [-0.4, -0.2) is 97.6 Å². The van der Waals surface area contributed by atoms with Gasteiger partial charge in [-0.2, -0.15) is 5.10 Å². The van der Waals surface area contributed by atoms with E-state index in [1.807, 2.05) is 17.1 Å². The minimum Gasteiger partial charge on any atom is -0.476 e. The molecule has 0 radical (unpaired) electrons. The molecule has 1 atom stereocenters. The van der Waals surface area contributed by atoms with E-state index in [1.54, 1.807) is 24.3 Å². The number of thiazole rings is 1. The van der Waals surface area contributed by atoms with Crippen molar-refractivity contribution in [3.63, 3.8) is 0 Å². The van der Waals surface area contributed by atoms with E-state index in [1.165, 1.54) is 24.2 Å². The number of carbonyl (C=O) groups is 1. The van der Waals surface area contributed by atoms with Crippen LogP contribution in [0.25, 0.3) is 10.3 Å². The Labute approximate surface area is 244 Å². The molecule has 3 saturated heterocycles. The number of carbonyl (C=O) groups excluding carboxylic acids is 1. The molecular formula is C29H35N5O5S2. The number of rotatable bonds is 11. The molecule has 3 aliphatic heterocycles. The molecule has 218 valence electrons. The first-order chi connectivity index (χ1) is 20.0. The van der Waals surface area contributed by atoms with Crippen molar-refractivity contribution in [3.05, 3.63) is 47.0 Å². The topological polar surface area (TPSA) is 114 Å². The molecule has 3 aliphatic rings. The monoisotopic (exact) mass is 597 g/mol. The molecule has 10 nitrogen and oxygen atoms in total. The van der Waals surface area contributed by atoms with Gasteiger partial charge in [0.15, 0.2) is 15.6 Å². The van der Waals surface area contributed by atoms with E-state index in [-0.39, 0.29) is 23.7 Å². The first kappa shape index (κ1) is 28.2. The van der Waals surface area contributed by atoms with E-state index in [0.29, 0.717) is 41.8 Å². The Bertz CT molecular complexity index is 1500. The number of ether oxygens (including phenoxy) is 2. The Morgan fingerprint density at radius 1 is 1.02 bits per heavy atom. The van der Waals surface area contributed by atoms with Crippen LogP contribution >= 0.6 is 11.3 Å². The van der Waals surface area contributed by atoms with E-state index in [4.69, 9.17) is 14.6 Å². The van der Waals surface area contributed by atoms with Crippen LogP contribution in [-0.2, 0) is 25.8 Å². The van der Waals surface area contributed by atoms with Crippen LogP contribution in [0.4, 0.5) is 0 Å². The largest absolute Gasteiger partial charge is 0.476 e. The maximum Gasteiger partial charge on any atom is 0.214 e. The molecule has 6 rings (SSSR count). The summed E-state index contributed by atoms with van der Waals surface area (Å²) in [7, 11) is -3.49. The molecule has 41 heavy (non-hydrogen) atoms. The minimum absolute atomic E-state index is 0.0817. The highest BCUT2D eigenvalue weighted by atomic mass is 32.2. The summed E-state index contributed by atoms with van der Waals surface area (Å²) in [5, 5.41) is 6.75. The van der Waals surface area contributed by atoms with Gasteiger partial charge in [-0.1, -0.05) is 23.5 Å². The minimum atomic E-state index is -3.49. The smallest absolute Gasteiger partial charge is 0.214 e. The SMILES string of the molecule is O=C(Cc1nc2ccc(OCCN3CCCC3)nc2s1)/C(=N/N1CCCC1)c1ccc(S(=O)(=O)[C@H]2CCOC2)cc1. The highest BCUT2D eigenvalue weighted by Gasteiger charge is 2.31. The average molecular weight is 598 g/mol. The molecule has 3 fully saturated rings. The van der Waals surface area contributed by atoms with Crippen LogP contribution in [0, 0.1) is 0 Å². The van der Waals surface area contributed by atoms with Crippen molar-refractivity contribution < 1.29 is 22.7 Å². The molecule has 3 aromatic rings. The first-order valence-corrected chi connectivity index (χ1v) is 16.7. The van der Waals surface area contributed by atoms with Crippen LogP contribution in [0.2, 0.25) is 0 Å². The van der Waals surface area contributed by atoms with Crippen molar-refractivity contribution in [2.45, 2.75) is 48.7 Å². The molecule has 0 bridgehead atoms. The Kier molecular flexibility index (Phi) is 8.61. The quantitative estimate of drug-likeness (QED) is 0.307. The maximum atomic E-state index is 13.6. The van der Waals surface area contributed by atoms with Gasteiger partial charge in [-0.25, -0.2) is 18.4 Å². The molecule has 0 N–H and O–H groups in total. The number of nitrogens with zero attached hydrogens (tertiary/aromatic N) is 5. The van der Waals surface area contributed by atoms with E-state index >= 15 is 0 Å². The molecule has 0 aliphatic carbocycles. The van der Waals surface area contributed by atoms with Crippen LogP contribution in [0.1, 0.15) is 42.7 Å². The van der Waals surface area contributed by atoms with Crippen molar-refractivity contribution >= 4 is 43.0 Å². The fourth-order valence-electron chi connectivity index (χ4n) is 5.48. The Morgan fingerprint density at radius 2 is 1.78 bits per heavy atom. The van der Waals surface area contributed by atoms with Crippen molar-refractivity contribution in [3.8, 4) is 5.88 Å². The number of hydrogen-bond donors (Lipinski definition) is 0. The standard InChI is InChI=1S/C29H35N5O5S2/c35-25(19-27-30-24-9-10-26(31-29(24)40-27)39-18-16-33-12-1-2-13-33)28(32-34-14-3-4-15-34)21-5-7-22(8-6-21)41(36,37)23-11-17-38-20-23/h5-10,23H,1-4,11-20H2/b32-28+/t23-/m0/s1. The summed E-state index contributed by atoms with van der Waals surface area (Å²) < 4.78 is 37.1. The van der Waals surface area contributed by atoms with E-state index in [0.717, 1.165) is 55.9 Å². The van der Waals surface area contributed by atoms with Crippen molar-refractivity contribution in [2.75, 3.05) is 52.5 Å². The molecular weight excluding hydrogens is 562 g/mol. The molecule has 1 aromatic carbocycles. The maximum absolute atomic E-state index is 13.6. The second-order valence-corrected chi connectivity index (χ2v) is 14.0. The number of sulfone groups is 1. The number of hydrogen-bond acceptors (Lipinski definition) is 11. The zero-order valence-electron chi connectivity index (χ0n) is 23.0. The number of hydrazone groups is 1. The molecule has 5 heterocycles. The molecule has 0 amide bonds. The summed E-state index contributed by atoms with van der Waals surface area (Å²) in [6.45, 7) is 5.99. The first-order valence-electron chi connectivity index (χ1n) is 14.4. The second kappa shape index (κ2) is 12.5. The number of likely N-dealkylation sites (tertiary alicyclic amines) is 1. The van der Waals surface area contributed by atoms with Gasteiger partial charge >= 0.3 is 0 Å². The number of aromatic nitrogens is 2. The molecule has 0 spiro atoms. The number of Topliss-reactive ketones (excluding diaryl/α,β-unsaturated/α-hetero) is 1. The molecule has 12 heteroatoms. The van der Waals surface area contributed by atoms with Gasteiger partial charge in [-0.05, 0) is 63.4 Å². The summed E-state index contributed by atoms with van der Waals surface area (Å²) in [5.74, 6) is 0.395. The summed E-state index contributed by atoms with van der Waals surface area (Å²) in [4.78, 5) is 26.3. The fourth-order valence-corrected chi connectivity index (χ4v) is 7.98. The third-order valence-electron chi connectivity index (χ3n) is 7.81. The van der Waals surface area contributed by atoms with Crippen molar-refractivity contribution in [1.82, 2.24) is 19.9 Å². The molecule has 2 aromatic heterocycles. The predicted molar refractivity (Wildman–Crippen MR) is 157 cm³/mol. The van der Waals surface area contributed by atoms with Crippen LogP contribution < -0.4 is 4.74 Å². The van der Waals surface area contributed by atoms with E-state index < -0.39 is 15.1 Å². The Balaban J connectivity index is 1.17. The highest BCUT2D eigenvalue weighted by molar-refractivity contribution is 7.92. The summed E-state index contributed by atoms with van der Waals surface area (Å²) in [6, 6.07) is 10.2. The van der Waals surface area contributed by atoms with Gasteiger partial charge < -0.3 is 9.47 Å². The molecule has 0 saturated carbocycles. The van der Waals surface area contributed by atoms with Gasteiger partial charge in [-0.3, -0.25) is 14.7 Å². The number of pyridine rings is 1. The van der Waals surface area contributed by atoms with Gasteiger partial charge in [-0.15, -0.1) is 0 Å².